The lowest BCUT2D eigenvalue weighted by Crippen LogP contribution is -2.01. The Bertz CT molecular complexity index is 690. The molecule has 0 heterocycles. The van der Waals surface area contributed by atoms with Crippen molar-refractivity contribution in [3.63, 3.8) is 0 Å². The molecule has 0 bridgehead atoms. The summed E-state index contributed by atoms with van der Waals surface area (Å²) in [6.07, 6.45) is 7.95. The maximum Gasteiger partial charge on any atom is 0.185 e. The summed E-state index contributed by atoms with van der Waals surface area (Å²) in [4.78, 5) is 12.3. The molecule has 3 heteroatoms. The normalized spacial score (nSPS) is 10.8. The number of unbranched alkanes of at least 4 members (excludes halogenated alkanes) is 3. The van der Waals surface area contributed by atoms with Crippen molar-refractivity contribution in [1.29, 1.82) is 0 Å². The van der Waals surface area contributed by atoms with Gasteiger partial charge in [0.25, 0.3) is 0 Å². The van der Waals surface area contributed by atoms with Crippen molar-refractivity contribution in [3.8, 4) is 11.5 Å². The van der Waals surface area contributed by atoms with E-state index in [1.165, 1.54) is 12.8 Å². The van der Waals surface area contributed by atoms with E-state index in [1.54, 1.807) is 19.3 Å². The second-order valence-electron chi connectivity index (χ2n) is 5.85. The van der Waals surface area contributed by atoms with Crippen molar-refractivity contribution in [2.75, 3.05) is 13.7 Å². The van der Waals surface area contributed by atoms with Crippen LogP contribution in [0.25, 0.3) is 6.08 Å². The van der Waals surface area contributed by atoms with Gasteiger partial charge in [0.15, 0.2) is 17.3 Å². The zero-order valence-corrected chi connectivity index (χ0v) is 15.0. The molecule has 0 saturated carbocycles. The Kier molecular flexibility index (Phi) is 7.77. The topological polar surface area (TPSA) is 35.5 Å². The molecule has 0 unspecified atom stereocenters. The van der Waals surface area contributed by atoms with Gasteiger partial charge in [-0.25, -0.2) is 0 Å². The lowest BCUT2D eigenvalue weighted by molar-refractivity contribution is 0.104. The van der Waals surface area contributed by atoms with E-state index in [9.17, 15) is 4.79 Å². The fourth-order valence-corrected chi connectivity index (χ4v) is 2.55. The molecule has 2 aromatic carbocycles. The second kappa shape index (κ2) is 10.3. The van der Waals surface area contributed by atoms with Crippen LogP contribution in [0, 0.1) is 0 Å². The van der Waals surface area contributed by atoms with Gasteiger partial charge in [-0.2, -0.15) is 0 Å². The number of hydrogen-bond acceptors (Lipinski definition) is 3. The molecule has 2 aromatic rings. The van der Waals surface area contributed by atoms with Crippen LogP contribution in [0.15, 0.2) is 54.6 Å². The van der Waals surface area contributed by atoms with E-state index in [1.807, 2.05) is 48.5 Å². The number of carbonyl (C=O) groups is 1. The number of hydrogen-bond donors (Lipinski definition) is 0. The molecule has 0 aromatic heterocycles. The minimum atomic E-state index is -0.0303. The maximum atomic E-state index is 12.3. The summed E-state index contributed by atoms with van der Waals surface area (Å²) in [6.45, 7) is 2.83. The average molecular weight is 338 g/mol. The molecule has 132 valence electrons. The highest BCUT2D eigenvalue weighted by Gasteiger charge is 2.09. The highest BCUT2D eigenvalue weighted by atomic mass is 16.5. The molecule has 0 N–H and O–H groups in total. The summed E-state index contributed by atoms with van der Waals surface area (Å²) in [7, 11) is 1.63. The number of para-hydroxylation sites is 1. The van der Waals surface area contributed by atoms with Crippen LogP contribution in [0.3, 0.4) is 0 Å². The summed E-state index contributed by atoms with van der Waals surface area (Å²) < 4.78 is 11.4. The number of allylic oxidation sites excluding steroid dienone is 1. The monoisotopic (exact) mass is 338 g/mol. The fraction of sp³-hybridized carbons (Fsp3) is 0.318. The smallest absolute Gasteiger partial charge is 0.185 e. The van der Waals surface area contributed by atoms with Crippen LogP contribution in [0.2, 0.25) is 0 Å². The fourth-order valence-electron chi connectivity index (χ4n) is 2.55. The van der Waals surface area contributed by atoms with Gasteiger partial charge in [-0.3, -0.25) is 4.79 Å². The Morgan fingerprint density at radius 2 is 1.80 bits per heavy atom. The predicted molar refractivity (Wildman–Crippen MR) is 102 cm³/mol. The second-order valence-corrected chi connectivity index (χ2v) is 5.85. The lowest BCUT2D eigenvalue weighted by atomic mass is 10.1. The highest BCUT2D eigenvalue weighted by molar-refractivity contribution is 6.06. The molecule has 0 radical (unpaired) electrons. The summed E-state index contributed by atoms with van der Waals surface area (Å²) >= 11 is 0. The van der Waals surface area contributed by atoms with Gasteiger partial charge < -0.3 is 9.47 Å². The van der Waals surface area contributed by atoms with Crippen LogP contribution in [0.4, 0.5) is 0 Å². The summed E-state index contributed by atoms with van der Waals surface area (Å²) in [5, 5.41) is 0. The molecule has 2 rings (SSSR count). The lowest BCUT2D eigenvalue weighted by Gasteiger charge is -2.13. The number of benzene rings is 2. The van der Waals surface area contributed by atoms with Crippen LogP contribution in [-0.4, -0.2) is 19.5 Å². The van der Waals surface area contributed by atoms with Crippen molar-refractivity contribution >= 4 is 11.9 Å². The van der Waals surface area contributed by atoms with Crippen LogP contribution in [-0.2, 0) is 0 Å². The summed E-state index contributed by atoms with van der Waals surface area (Å²) in [5.41, 5.74) is 1.52. The van der Waals surface area contributed by atoms with Crippen LogP contribution >= 0.6 is 0 Å². The first-order chi connectivity index (χ1) is 12.3. The van der Waals surface area contributed by atoms with Crippen LogP contribution < -0.4 is 9.47 Å². The van der Waals surface area contributed by atoms with Crippen molar-refractivity contribution in [3.05, 3.63) is 65.7 Å². The van der Waals surface area contributed by atoms with Gasteiger partial charge in [0.05, 0.1) is 13.7 Å². The van der Waals surface area contributed by atoms with E-state index in [0.29, 0.717) is 23.7 Å². The van der Waals surface area contributed by atoms with Gasteiger partial charge in [-0.1, -0.05) is 68.7 Å². The van der Waals surface area contributed by atoms with Gasteiger partial charge in [0.2, 0.25) is 0 Å². The summed E-state index contributed by atoms with van der Waals surface area (Å²) in [6, 6.07) is 14.9. The first-order valence-corrected chi connectivity index (χ1v) is 8.83. The number of rotatable bonds is 10. The molecule has 25 heavy (non-hydrogen) atoms. The standard InChI is InChI=1S/C22H26O3/c1-3-4-5-9-17-25-22-19(13-10-14-21(22)24-2)15-16-20(23)18-11-7-6-8-12-18/h6-8,10-16H,3-5,9,17H2,1-2H3/b16-15+. The molecule has 0 atom stereocenters. The van der Waals surface area contributed by atoms with Gasteiger partial charge in [-0.15, -0.1) is 0 Å². The Morgan fingerprint density at radius 3 is 2.52 bits per heavy atom. The van der Waals surface area contributed by atoms with Crippen molar-refractivity contribution in [2.45, 2.75) is 32.6 Å². The molecule has 0 aliphatic heterocycles. The molecular weight excluding hydrogens is 312 g/mol. The summed E-state index contributed by atoms with van der Waals surface area (Å²) in [5.74, 6) is 1.35. The number of ketones is 1. The third-order valence-corrected chi connectivity index (χ3v) is 3.95. The van der Waals surface area contributed by atoms with Crippen LogP contribution in [0.5, 0.6) is 11.5 Å². The zero-order chi connectivity index (χ0) is 17.9. The number of carbonyl (C=O) groups excluding carboxylic acids is 1. The highest BCUT2D eigenvalue weighted by Crippen LogP contribution is 2.32. The van der Waals surface area contributed by atoms with Crippen LogP contribution in [0.1, 0.15) is 48.5 Å². The van der Waals surface area contributed by atoms with E-state index < -0.39 is 0 Å². The van der Waals surface area contributed by atoms with Gasteiger partial charge in [-0.05, 0) is 24.6 Å². The Hall–Kier alpha value is -2.55. The number of ether oxygens (including phenoxy) is 2. The number of methoxy groups -OCH3 is 1. The predicted octanol–water partition coefficient (Wildman–Crippen LogP) is 5.55. The van der Waals surface area contributed by atoms with Gasteiger partial charge in [0, 0.05) is 11.1 Å². The van der Waals surface area contributed by atoms with E-state index in [2.05, 4.69) is 6.92 Å². The molecular formula is C22H26O3. The van der Waals surface area contributed by atoms with E-state index in [-0.39, 0.29) is 5.78 Å². The Balaban J connectivity index is 2.11. The van der Waals surface area contributed by atoms with E-state index in [4.69, 9.17) is 9.47 Å². The Morgan fingerprint density at radius 1 is 1.00 bits per heavy atom. The van der Waals surface area contributed by atoms with E-state index in [0.717, 1.165) is 18.4 Å². The molecule has 0 fully saturated rings. The SMILES string of the molecule is CCCCCCOc1c(/C=C/C(=O)c2ccccc2)cccc1OC. The molecule has 0 aliphatic rings. The largest absolute Gasteiger partial charge is 0.493 e. The van der Waals surface area contributed by atoms with Gasteiger partial charge in [0.1, 0.15) is 0 Å². The quantitative estimate of drug-likeness (QED) is 0.324. The minimum Gasteiger partial charge on any atom is -0.493 e. The molecule has 0 spiro atoms. The van der Waals surface area contributed by atoms with Crippen molar-refractivity contribution < 1.29 is 14.3 Å². The third kappa shape index (κ3) is 5.79. The van der Waals surface area contributed by atoms with Crippen molar-refractivity contribution in [1.82, 2.24) is 0 Å². The zero-order valence-electron chi connectivity index (χ0n) is 15.0. The average Bonchev–Trinajstić information content (AvgIpc) is 2.67. The van der Waals surface area contributed by atoms with Gasteiger partial charge >= 0.3 is 0 Å². The first-order valence-electron chi connectivity index (χ1n) is 8.83. The van der Waals surface area contributed by atoms with E-state index >= 15 is 0 Å². The molecule has 3 nitrogen and oxygen atoms in total. The maximum absolute atomic E-state index is 12.3. The Labute approximate surface area is 150 Å². The van der Waals surface area contributed by atoms with Crippen molar-refractivity contribution in [2.24, 2.45) is 0 Å². The minimum absolute atomic E-state index is 0.0303. The third-order valence-electron chi connectivity index (χ3n) is 3.95. The molecule has 0 saturated heterocycles. The first kappa shape index (κ1) is 18.8. The molecule has 0 amide bonds. The molecule has 0 aliphatic carbocycles.